The molecule has 0 aliphatic carbocycles. The van der Waals surface area contributed by atoms with Gasteiger partial charge in [0.1, 0.15) is 0 Å². The standard InChI is InChI=1S/C16H21N5O3S/c1-10(12-3-4-13(23)14(24)9-12)20-5-7-21(8-6-20)16-19-18-15(25-16)17-11(2)22/h3-4,9-10,23-24H,5-8H2,1-2H3,(H,17,18,22). The minimum atomic E-state index is -0.154. The van der Waals surface area contributed by atoms with E-state index < -0.39 is 0 Å². The molecular formula is C16H21N5O3S. The van der Waals surface area contributed by atoms with Crippen molar-refractivity contribution in [3.05, 3.63) is 23.8 Å². The van der Waals surface area contributed by atoms with E-state index in [0.29, 0.717) is 5.13 Å². The molecule has 3 N–H and O–H groups in total. The van der Waals surface area contributed by atoms with Crippen LogP contribution in [-0.4, -0.2) is 57.4 Å². The third-order valence-electron chi connectivity index (χ3n) is 4.31. The van der Waals surface area contributed by atoms with Crippen LogP contribution in [0.3, 0.4) is 0 Å². The van der Waals surface area contributed by atoms with Gasteiger partial charge in [0.15, 0.2) is 11.5 Å². The van der Waals surface area contributed by atoms with Crippen molar-refractivity contribution in [3.63, 3.8) is 0 Å². The van der Waals surface area contributed by atoms with Gasteiger partial charge in [-0.25, -0.2) is 0 Å². The molecule has 3 rings (SSSR count). The first-order valence-corrected chi connectivity index (χ1v) is 8.87. The second kappa shape index (κ2) is 7.24. The Morgan fingerprint density at radius 1 is 1.20 bits per heavy atom. The largest absolute Gasteiger partial charge is 0.504 e. The lowest BCUT2D eigenvalue weighted by molar-refractivity contribution is -0.114. The summed E-state index contributed by atoms with van der Waals surface area (Å²) in [5.41, 5.74) is 0.965. The minimum absolute atomic E-state index is 0.0950. The molecule has 0 radical (unpaired) electrons. The average molecular weight is 363 g/mol. The molecule has 1 aromatic carbocycles. The van der Waals surface area contributed by atoms with E-state index in [1.54, 1.807) is 6.07 Å². The molecule has 1 saturated heterocycles. The minimum Gasteiger partial charge on any atom is -0.504 e. The lowest BCUT2D eigenvalue weighted by Gasteiger charge is -2.38. The van der Waals surface area contributed by atoms with Crippen LogP contribution in [0.4, 0.5) is 10.3 Å². The molecule has 134 valence electrons. The van der Waals surface area contributed by atoms with Gasteiger partial charge in [-0.1, -0.05) is 17.4 Å². The van der Waals surface area contributed by atoms with Gasteiger partial charge in [0.2, 0.25) is 16.2 Å². The summed E-state index contributed by atoms with van der Waals surface area (Å²) >= 11 is 1.37. The number of nitrogens with one attached hydrogen (secondary N) is 1. The predicted molar refractivity (Wildman–Crippen MR) is 96.2 cm³/mol. The van der Waals surface area contributed by atoms with Gasteiger partial charge in [0.25, 0.3) is 0 Å². The van der Waals surface area contributed by atoms with Gasteiger partial charge in [-0.2, -0.15) is 0 Å². The highest BCUT2D eigenvalue weighted by molar-refractivity contribution is 7.19. The zero-order chi connectivity index (χ0) is 18.0. The maximum Gasteiger partial charge on any atom is 0.223 e. The van der Waals surface area contributed by atoms with Crippen LogP contribution in [0.25, 0.3) is 0 Å². The summed E-state index contributed by atoms with van der Waals surface area (Å²) < 4.78 is 0. The van der Waals surface area contributed by atoms with Gasteiger partial charge >= 0.3 is 0 Å². The monoisotopic (exact) mass is 363 g/mol. The first-order chi connectivity index (χ1) is 11.9. The van der Waals surface area contributed by atoms with Crippen LogP contribution in [-0.2, 0) is 4.79 Å². The summed E-state index contributed by atoms with van der Waals surface area (Å²) in [4.78, 5) is 15.5. The van der Waals surface area contributed by atoms with E-state index in [4.69, 9.17) is 0 Å². The number of rotatable bonds is 4. The Labute approximate surface area is 149 Å². The first-order valence-electron chi connectivity index (χ1n) is 8.06. The number of piperazine rings is 1. The Morgan fingerprint density at radius 2 is 1.92 bits per heavy atom. The summed E-state index contributed by atoms with van der Waals surface area (Å²) in [5.74, 6) is -0.354. The van der Waals surface area contributed by atoms with Crippen molar-refractivity contribution in [1.82, 2.24) is 15.1 Å². The second-order valence-electron chi connectivity index (χ2n) is 6.02. The van der Waals surface area contributed by atoms with Crippen LogP contribution in [0.2, 0.25) is 0 Å². The molecule has 25 heavy (non-hydrogen) atoms. The SMILES string of the molecule is CC(=O)Nc1nnc(N2CCN(C(C)c3ccc(O)c(O)c3)CC2)s1. The highest BCUT2D eigenvalue weighted by Gasteiger charge is 2.24. The topological polar surface area (TPSA) is 102 Å². The number of anilines is 2. The molecule has 1 aliphatic heterocycles. The van der Waals surface area contributed by atoms with Gasteiger partial charge in [0, 0.05) is 39.1 Å². The highest BCUT2D eigenvalue weighted by Crippen LogP contribution is 2.31. The Kier molecular flexibility index (Phi) is 5.05. The lowest BCUT2D eigenvalue weighted by Crippen LogP contribution is -2.47. The summed E-state index contributed by atoms with van der Waals surface area (Å²) in [7, 11) is 0. The zero-order valence-electron chi connectivity index (χ0n) is 14.1. The Hall–Kier alpha value is -2.39. The molecule has 1 fully saturated rings. The van der Waals surface area contributed by atoms with Crippen molar-refractivity contribution in [2.45, 2.75) is 19.9 Å². The Bertz CT molecular complexity index is 758. The number of hydrogen-bond acceptors (Lipinski definition) is 8. The number of amides is 1. The van der Waals surface area contributed by atoms with Gasteiger partial charge < -0.3 is 20.4 Å². The maximum atomic E-state index is 11.1. The molecule has 1 atom stereocenters. The van der Waals surface area contributed by atoms with Crippen LogP contribution in [0.15, 0.2) is 18.2 Å². The van der Waals surface area contributed by atoms with Crippen molar-refractivity contribution < 1.29 is 15.0 Å². The van der Waals surface area contributed by atoms with Gasteiger partial charge in [-0.15, -0.1) is 10.2 Å². The highest BCUT2D eigenvalue weighted by atomic mass is 32.1. The van der Waals surface area contributed by atoms with E-state index in [2.05, 4.69) is 32.2 Å². The van der Waals surface area contributed by atoms with Gasteiger partial charge in [0.05, 0.1) is 0 Å². The molecule has 0 spiro atoms. The van der Waals surface area contributed by atoms with E-state index in [-0.39, 0.29) is 23.4 Å². The predicted octanol–water partition coefficient (Wildman–Crippen LogP) is 1.79. The number of carbonyl (C=O) groups excluding carboxylic acids is 1. The third-order valence-corrected chi connectivity index (χ3v) is 5.21. The second-order valence-corrected chi connectivity index (χ2v) is 6.97. The summed E-state index contributed by atoms with van der Waals surface area (Å²) in [6.45, 7) is 6.84. The van der Waals surface area contributed by atoms with E-state index >= 15 is 0 Å². The van der Waals surface area contributed by atoms with Crippen LogP contribution < -0.4 is 10.2 Å². The fourth-order valence-electron chi connectivity index (χ4n) is 2.86. The van der Waals surface area contributed by atoms with Crippen molar-refractivity contribution in [1.29, 1.82) is 0 Å². The molecule has 9 heteroatoms. The number of hydrogen-bond donors (Lipinski definition) is 3. The number of nitrogens with zero attached hydrogens (tertiary/aromatic N) is 4. The van der Waals surface area contributed by atoms with E-state index in [0.717, 1.165) is 36.9 Å². The molecule has 0 saturated carbocycles. The lowest BCUT2D eigenvalue weighted by atomic mass is 10.1. The number of aromatic hydroxyl groups is 2. The molecular weight excluding hydrogens is 342 g/mol. The molecule has 1 aromatic heterocycles. The summed E-state index contributed by atoms with van der Waals surface area (Å²) in [5, 5.41) is 31.2. The number of phenolic OH excluding ortho intramolecular Hbond substituents is 2. The quantitative estimate of drug-likeness (QED) is 0.712. The Morgan fingerprint density at radius 3 is 2.56 bits per heavy atom. The van der Waals surface area contributed by atoms with Crippen LogP contribution >= 0.6 is 11.3 Å². The maximum absolute atomic E-state index is 11.1. The van der Waals surface area contributed by atoms with Gasteiger partial charge in [-0.3, -0.25) is 9.69 Å². The van der Waals surface area contributed by atoms with Crippen LogP contribution in [0.5, 0.6) is 11.5 Å². The average Bonchev–Trinajstić information content (AvgIpc) is 3.04. The Balaban J connectivity index is 1.60. The number of aromatic nitrogens is 2. The number of benzene rings is 1. The molecule has 1 amide bonds. The summed E-state index contributed by atoms with van der Waals surface area (Å²) in [6.07, 6.45) is 0. The van der Waals surface area contributed by atoms with Crippen LogP contribution in [0.1, 0.15) is 25.5 Å². The normalized spacial score (nSPS) is 16.6. The fourth-order valence-corrected chi connectivity index (χ4v) is 3.70. The van der Waals surface area contributed by atoms with E-state index in [9.17, 15) is 15.0 Å². The first kappa shape index (κ1) is 17.4. The van der Waals surface area contributed by atoms with E-state index in [1.165, 1.54) is 24.3 Å². The number of phenols is 2. The van der Waals surface area contributed by atoms with Crippen molar-refractivity contribution in [3.8, 4) is 11.5 Å². The molecule has 1 unspecified atom stereocenters. The van der Waals surface area contributed by atoms with Gasteiger partial charge in [-0.05, 0) is 24.6 Å². The van der Waals surface area contributed by atoms with E-state index in [1.807, 2.05) is 6.07 Å². The summed E-state index contributed by atoms with van der Waals surface area (Å²) in [6, 6.07) is 5.09. The fraction of sp³-hybridized carbons (Fsp3) is 0.438. The van der Waals surface area contributed by atoms with Crippen molar-refractivity contribution >= 4 is 27.5 Å². The molecule has 1 aliphatic rings. The molecule has 2 heterocycles. The molecule has 0 bridgehead atoms. The molecule has 8 nitrogen and oxygen atoms in total. The third kappa shape index (κ3) is 3.99. The number of carbonyl (C=O) groups is 1. The van der Waals surface area contributed by atoms with Crippen molar-refractivity contribution in [2.75, 3.05) is 36.4 Å². The van der Waals surface area contributed by atoms with Crippen LogP contribution in [0, 0.1) is 0 Å². The molecule has 2 aromatic rings. The zero-order valence-corrected chi connectivity index (χ0v) is 15.0. The smallest absolute Gasteiger partial charge is 0.223 e. The van der Waals surface area contributed by atoms with Crippen molar-refractivity contribution in [2.24, 2.45) is 0 Å².